The third kappa shape index (κ3) is 11.9. The highest BCUT2D eigenvalue weighted by atomic mass is 16.2. The Kier molecular flexibility index (Phi) is 18.4. The molecule has 3 heteroatoms. The van der Waals surface area contributed by atoms with Crippen LogP contribution in [0.3, 0.4) is 0 Å². The topological polar surface area (TPSA) is 37.4 Å². The van der Waals surface area contributed by atoms with Gasteiger partial charge in [-0.05, 0) is 0 Å². The fourth-order valence-corrected chi connectivity index (χ4v) is 0.222. The Bertz CT molecular complexity index is 108. The molecule has 0 radical (unpaired) electrons. The first-order valence-electron chi connectivity index (χ1n) is 4.30. The van der Waals surface area contributed by atoms with Crippen molar-refractivity contribution in [2.75, 3.05) is 7.05 Å². The average molecular weight is 175 g/mol. The molecule has 0 aliphatic rings. The molecular formula is C9H21NO2. The van der Waals surface area contributed by atoms with E-state index in [1.54, 1.807) is 0 Å². The fourth-order valence-electron chi connectivity index (χ4n) is 0.222. The van der Waals surface area contributed by atoms with Gasteiger partial charge in [0.1, 0.15) is 0 Å². The molecule has 0 aliphatic heterocycles. The molecule has 0 N–H and O–H groups in total. The summed E-state index contributed by atoms with van der Waals surface area (Å²) in [4.78, 5) is 21.6. The Morgan fingerprint density at radius 1 is 0.833 bits per heavy atom. The third-order valence-corrected chi connectivity index (χ3v) is 0.945. The van der Waals surface area contributed by atoms with Crippen molar-refractivity contribution in [1.82, 2.24) is 4.90 Å². The van der Waals surface area contributed by atoms with E-state index in [9.17, 15) is 9.59 Å². The van der Waals surface area contributed by atoms with Crippen LogP contribution >= 0.6 is 0 Å². The van der Waals surface area contributed by atoms with E-state index in [1.165, 1.54) is 20.9 Å². The maximum atomic E-state index is 10.3. The Morgan fingerprint density at radius 2 is 1.00 bits per heavy atom. The molecule has 0 aromatic carbocycles. The van der Waals surface area contributed by atoms with Crippen LogP contribution in [0.4, 0.5) is 0 Å². The highest BCUT2D eigenvalue weighted by molar-refractivity contribution is 5.92. The van der Waals surface area contributed by atoms with Crippen molar-refractivity contribution in [2.24, 2.45) is 0 Å². The first-order valence-corrected chi connectivity index (χ1v) is 4.30. The molecule has 12 heavy (non-hydrogen) atoms. The Morgan fingerprint density at radius 3 is 1.00 bits per heavy atom. The molecule has 3 nitrogen and oxygen atoms in total. The van der Waals surface area contributed by atoms with Crippen molar-refractivity contribution >= 4 is 11.8 Å². The zero-order chi connectivity index (χ0) is 10.7. The minimum absolute atomic E-state index is 0.225. The lowest BCUT2D eigenvalue weighted by atomic mass is 10.5. The summed E-state index contributed by atoms with van der Waals surface area (Å²) < 4.78 is 0. The molecule has 0 fully saturated rings. The van der Waals surface area contributed by atoms with Gasteiger partial charge in [-0.1, -0.05) is 27.7 Å². The summed E-state index contributed by atoms with van der Waals surface area (Å²) >= 11 is 0. The minimum atomic E-state index is -0.225. The number of imide groups is 1. The smallest absolute Gasteiger partial charge is 0.225 e. The number of carbonyl (C=O) groups excluding carboxylic acids is 2. The second-order valence-corrected chi connectivity index (χ2v) is 1.60. The first-order chi connectivity index (χ1) is 5.55. The van der Waals surface area contributed by atoms with E-state index in [0.29, 0.717) is 0 Å². The molecule has 0 rings (SSSR count). The monoisotopic (exact) mass is 175 g/mol. The lowest BCUT2D eigenvalue weighted by molar-refractivity contribution is -0.140. The average Bonchev–Trinajstić information content (AvgIpc) is 2.10. The highest BCUT2D eigenvalue weighted by Crippen LogP contribution is 1.81. The maximum absolute atomic E-state index is 10.3. The minimum Gasteiger partial charge on any atom is -0.286 e. The molecule has 0 unspecified atom stereocenters. The van der Waals surface area contributed by atoms with Gasteiger partial charge in [-0.2, -0.15) is 0 Å². The highest BCUT2D eigenvalue weighted by Gasteiger charge is 2.04. The van der Waals surface area contributed by atoms with Crippen molar-refractivity contribution in [3.05, 3.63) is 0 Å². The van der Waals surface area contributed by atoms with Gasteiger partial charge in [0.2, 0.25) is 11.8 Å². The molecule has 0 aromatic heterocycles. The second-order valence-electron chi connectivity index (χ2n) is 1.60. The lowest BCUT2D eigenvalue weighted by Gasteiger charge is -2.07. The third-order valence-electron chi connectivity index (χ3n) is 0.945. The number of amides is 2. The molecule has 0 aromatic rings. The molecule has 74 valence electrons. The Labute approximate surface area is 75.8 Å². The summed E-state index contributed by atoms with van der Waals surface area (Å²) in [5.74, 6) is -0.449. The standard InChI is InChI=1S/C5H9NO2.2C2H6/c1-4(7)6(3)5(2)8;2*1-2/h1-3H3;2*1-2H3. The van der Waals surface area contributed by atoms with Gasteiger partial charge in [0.05, 0.1) is 0 Å². The molecule has 0 bridgehead atoms. The van der Waals surface area contributed by atoms with Crippen LogP contribution in [0.1, 0.15) is 41.5 Å². The summed E-state index contributed by atoms with van der Waals surface area (Å²) in [7, 11) is 1.45. The zero-order valence-electron chi connectivity index (χ0n) is 9.26. The summed E-state index contributed by atoms with van der Waals surface area (Å²) in [5, 5.41) is 0. The first kappa shape index (κ1) is 17.3. The number of hydrogen-bond donors (Lipinski definition) is 0. The van der Waals surface area contributed by atoms with Crippen molar-refractivity contribution in [2.45, 2.75) is 41.5 Å². The maximum Gasteiger partial charge on any atom is 0.225 e. The second kappa shape index (κ2) is 12.8. The number of hydrogen-bond acceptors (Lipinski definition) is 2. The summed E-state index contributed by atoms with van der Waals surface area (Å²) in [6.45, 7) is 10.7. The van der Waals surface area contributed by atoms with Gasteiger partial charge < -0.3 is 0 Å². The van der Waals surface area contributed by atoms with Crippen molar-refractivity contribution in [1.29, 1.82) is 0 Å². The van der Waals surface area contributed by atoms with Gasteiger partial charge in [-0.3, -0.25) is 14.5 Å². The largest absolute Gasteiger partial charge is 0.286 e. The van der Waals surface area contributed by atoms with Crippen molar-refractivity contribution in [3.63, 3.8) is 0 Å². The van der Waals surface area contributed by atoms with Crippen LogP contribution in [0.5, 0.6) is 0 Å². The van der Waals surface area contributed by atoms with Gasteiger partial charge in [0, 0.05) is 20.9 Å². The summed E-state index contributed by atoms with van der Waals surface area (Å²) in [6.07, 6.45) is 0. The fraction of sp³-hybridized carbons (Fsp3) is 0.778. The zero-order valence-corrected chi connectivity index (χ0v) is 9.26. The van der Waals surface area contributed by atoms with E-state index in [0.717, 1.165) is 4.90 Å². The van der Waals surface area contributed by atoms with Crippen LogP contribution < -0.4 is 0 Å². The molecular weight excluding hydrogens is 154 g/mol. The Balaban J connectivity index is -0.000000175. The molecule has 0 heterocycles. The number of carbonyl (C=O) groups is 2. The van der Waals surface area contributed by atoms with Gasteiger partial charge in [0.25, 0.3) is 0 Å². The van der Waals surface area contributed by atoms with Crippen LogP contribution in [0.15, 0.2) is 0 Å². The van der Waals surface area contributed by atoms with Crippen LogP contribution in [-0.2, 0) is 9.59 Å². The van der Waals surface area contributed by atoms with E-state index >= 15 is 0 Å². The molecule has 2 amide bonds. The van der Waals surface area contributed by atoms with Gasteiger partial charge in [-0.25, -0.2) is 0 Å². The van der Waals surface area contributed by atoms with E-state index in [4.69, 9.17) is 0 Å². The van der Waals surface area contributed by atoms with Crippen LogP contribution in [0.25, 0.3) is 0 Å². The summed E-state index contributed by atoms with van der Waals surface area (Å²) in [6, 6.07) is 0. The van der Waals surface area contributed by atoms with Crippen molar-refractivity contribution in [3.8, 4) is 0 Å². The molecule has 0 saturated heterocycles. The molecule has 0 spiro atoms. The molecule has 0 aliphatic carbocycles. The van der Waals surface area contributed by atoms with Crippen LogP contribution in [0, 0.1) is 0 Å². The molecule has 0 saturated carbocycles. The van der Waals surface area contributed by atoms with Gasteiger partial charge >= 0.3 is 0 Å². The quantitative estimate of drug-likeness (QED) is 0.565. The van der Waals surface area contributed by atoms with E-state index in [-0.39, 0.29) is 11.8 Å². The number of nitrogens with zero attached hydrogens (tertiary/aromatic N) is 1. The normalized spacial score (nSPS) is 6.58. The summed E-state index contributed by atoms with van der Waals surface area (Å²) in [5.41, 5.74) is 0. The lowest BCUT2D eigenvalue weighted by Crippen LogP contribution is -2.28. The van der Waals surface area contributed by atoms with Crippen LogP contribution in [0.2, 0.25) is 0 Å². The Hall–Kier alpha value is -0.860. The van der Waals surface area contributed by atoms with E-state index < -0.39 is 0 Å². The van der Waals surface area contributed by atoms with Crippen LogP contribution in [-0.4, -0.2) is 23.8 Å². The van der Waals surface area contributed by atoms with E-state index in [1.807, 2.05) is 27.7 Å². The predicted octanol–water partition coefficient (Wildman–Crippen LogP) is 2.06. The predicted molar refractivity (Wildman–Crippen MR) is 51.8 cm³/mol. The van der Waals surface area contributed by atoms with E-state index in [2.05, 4.69) is 0 Å². The van der Waals surface area contributed by atoms with Gasteiger partial charge in [-0.15, -0.1) is 0 Å². The number of rotatable bonds is 0. The van der Waals surface area contributed by atoms with Crippen molar-refractivity contribution < 1.29 is 9.59 Å². The SMILES string of the molecule is CC.CC.CC(=O)N(C)C(C)=O. The molecule has 0 atom stereocenters. The van der Waals surface area contributed by atoms with Gasteiger partial charge in [0.15, 0.2) is 0 Å².